The Kier molecular flexibility index (Phi) is 2.77. The molecule has 0 radical (unpaired) electrons. The molecule has 0 saturated carbocycles. The maximum atomic E-state index is 13.0. The summed E-state index contributed by atoms with van der Waals surface area (Å²) in [6.45, 7) is 0. The molecular formula is C9H5F2NO2. The third kappa shape index (κ3) is 1.85. The van der Waals surface area contributed by atoms with Gasteiger partial charge in [0.2, 0.25) is 0 Å². The van der Waals surface area contributed by atoms with Crippen LogP contribution in [0.15, 0.2) is 12.1 Å². The van der Waals surface area contributed by atoms with E-state index >= 15 is 0 Å². The fourth-order valence-electron chi connectivity index (χ4n) is 0.986. The zero-order valence-electron chi connectivity index (χ0n) is 6.92. The number of hydrogen-bond acceptors (Lipinski definition) is 3. The fourth-order valence-corrected chi connectivity index (χ4v) is 0.986. The van der Waals surface area contributed by atoms with Gasteiger partial charge in [0.25, 0.3) is 0 Å². The minimum absolute atomic E-state index is 0.599. The van der Waals surface area contributed by atoms with Gasteiger partial charge in [-0.2, -0.15) is 5.26 Å². The number of nitriles is 1. The van der Waals surface area contributed by atoms with Crippen molar-refractivity contribution in [1.82, 2.24) is 0 Å². The number of halogens is 2. The Morgan fingerprint density at radius 1 is 1.43 bits per heavy atom. The fraction of sp³-hybridized carbons (Fsp3) is 0.111. The van der Waals surface area contributed by atoms with Crippen molar-refractivity contribution in [2.75, 3.05) is 0 Å². The molecule has 3 nitrogen and oxygen atoms in total. The molecule has 0 spiro atoms. The molecule has 0 aliphatic carbocycles. The molecule has 0 aliphatic heterocycles. The van der Waals surface area contributed by atoms with E-state index in [0.29, 0.717) is 12.1 Å². The van der Waals surface area contributed by atoms with E-state index < -0.39 is 35.2 Å². The average molecular weight is 197 g/mol. The van der Waals surface area contributed by atoms with Crippen LogP contribution in [-0.4, -0.2) is 10.9 Å². The summed E-state index contributed by atoms with van der Waals surface area (Å²) in [6, 6.07) is 2.73. The van der Waals surface area contributed by atoms with Gasteiger partial charge in [0.15, 0.2) is 5.78 Å². The van der Waals surface area contributed by atoms with E-state index in [1.54, 1.807) is 0 Å². The molecule has 1 aromatic rings. The third-order valence-electron chi connectivity index (χ3n) is 1.55. The number of carbonyl (C=O) groups is 1. The van der Waals surface area contributed by atoms with E-state index in [1.165, 1.54) is 6.07 Å². The summed E-state index contributed by atoms with van der Waals surface area (Å²) in [6.07, 6.45) is -0.599. The van der Waals surface area contributed by atoms with Crippen LogP contribution in [0.5, 0.6) is 5.75 Å². The zero-order valence-corrected chi connectivity index (χ0v) is 6.92. The first kappa shape index (κ1) is 10.1. The van der Waals surface area contributed by atoms with Gasteiger partial charge in [0, 0.05) is 12.1 Å². The van der Waals surface area contributed by atoms with Crippen molar-refractivity contribution >= 4 is 5.78 Å². The van der Waals surface area contributed by atoms with Crippen LogP contribution in [0.25, 0.3) is 0 Å². The van der Waals surface area contributed by atoms with Crippen molar-refractivity contribution in [2.45, 2.75) is 6.42 Å². The first-order chi connectivity index (χ1) is 6.56. The highest BCUT2D eigenvalue weighted by atomic mass is 19.1. The number of rotatable bonds is 2. The van der Waals surface area contributed by atoms with Crippen molar-refractivity contribution < 1.29 is 18.7 Å². The molecule has 0 saturated heterocycles. The van der Waals surface area contributed by atoms with Gasteiger partial charge in [0.05, 0.1) is 18.1 Å². The molecule has 1 rings (SSSR count). The summed E-state index contributed by atoms with van der Waals surface area (Å²) in [4.78, 5) is 11.0. The highest BCUT2D eigenvalue weighted by Gasteiger charge is 2.17. The summed E-state index contributed by atoms with van der Waals surface area (Å²) in [5, 5.41) is 16.9. The summed E-state index contributed by atoms with van der Waals surface area (Å²) >= 11 is 0. The van der Waals surface area contributed by atoms with Crippen LogP contribution in [0.2, 0.25) is 0 Å². The maximum absolute atomic E-state index is 13.0. The molecule has 14 heavy (non-hydrogen) atoms. The molecule has 1 N–H and O–H groups in total. The number of nitrogens with zero attached hydrogens (tertiary/aromatic N) is 1. The van der Waals surface area contributed by atoms with Gasteiger partial charge in [-0.1, -0.05) is 0 Å². The van der Waals surface area contributed by atoms with Crippen molar-refractivity contribution in [3.8, 4) is 11.8 Å². The van der Waals surface area contributed by atoms with Gasteiger partial charge in [-0.25, -0.2) is 8.78 Å². The Hall–Kier alpha value is -1.96. The van der Waals surface area contributed by atoms with Gasteiger partial charge in [-0.3, -0.25) is 4.79 Å². The van der Waals surface area contributed by atoms with Gasteiger partial charge in [0.1, 0.15) is 17.4 Å². The van der Waals surface area contributed by atoms with Gasteiger partial charge < -0.3 is 5.11 Å². The lowest BCUT2D eigenvalue weighted by atomic mass is 10.1. The van der Waals surface area contributed by atoms with E-state index in [9.17, 15) is 13.6 Å². The zero-order chi connectivity index (χ0) is 10.7. The smallest absolute Gasteiger partial charge is 0.182 e. The largest absolute Gasteiger partial charge is 0.508 e. The SMILES string of the molecule is N#CCC(=O)c1c(F)cc(O)cc1F. The number of phenolic OH excluding ortho intramolecular Hbond substituents is 1. The Labute approximate surface area is 78.2 Å². The van der Waals surface area contributed by atoms with E-state index in [1.807, 2.05) is 0 Å². The molecule has 0 aliphatic rings. The number of aromatic hydroxyl groups is 1. The number of hydrogen-bond donors (Lipinski definition) is 1. The first-order valence-corrected chi connectivity index (χ1v) is 3.64. The van der Waals surface area contributed by atoms with Crippen LogP contribution in [0.4, 0.5) is 8.78 Å². The number of Topliss-reactive ketones (excluding diaryl/α,β-unsaturated/α-hetero) is 1. The number of carbonyl (C=O) groups excluding carboxylic acids is 1. The molecule has 72 valence electrons. The summed E-state index contributed by atoms with van der Waals surface area (Å²) in [5.74, 6) is -3.87. The van der Waals surface area contributed by atoms with Crippen LogP contribution in [0.1, 0.15) is 16.8 Å². The third-order valence-corrected chi connectivity index (χ3v) is 1.55. The van der Waals surface area contributed by atoms with E-state index in [2.05, 4.69) is 0 Å². The van der Waals surface area contributed by atoms with Crippen LogP contribution < -0.4 is 0 Å². The topological polar surface area (TPSA) is 61.1 Å². The highest BCUT2D eigenvalue weighted by Crippen LogP contribution is 2.20. The quantitative estimate of drug-likeness (QED) is 0.735. The lowest BCUT2D eigenvalue weighted by Gasteiger charge is -2.01. The maximum Gasteiger partial charge on any atom is 0.182 e. The lowest BCUT2D eigenvalue weighted by Crippen LogP contribution is -2.04. The van der Waals surface area contributed by atoms with Crippen molar-refractivity contribution in [3.63, 3.8) is 0 Å². The van der Waals surface area contributed by atoms with Crippen molar-refractivity contribution in [1.29, 1.82) is 5.26 Å². The van der Waals surface area contributed by atoms with Crippen LogP contribution in [0, 0.1) is 23.0 Å². The average Bonchev–Trinajstić information content (AvgIpc) is 2.01. The molecule has 0 heterocycles. The van der Waals surface area contributed by atoms with Gasteiger partial charge in [-0.05, 0) is 0 Å². The van der Waals surface area contributed by atoms with Crippen molar-refractivity contribution in [2.24, 2.45) is 0 Å². The second-order valence-electron chi connectivity index (χ2n) is 2.54. The molecule has 5 heteroatoms. The van der Waals surface area contributed by atoms with Crippen LogP contribution >= 0.6 is 0 Å². The summed E-state index contributed by atoms with van der Waals surface area (Å²) in [7, 11) is 0. The Bertz CT molecular complexity index is 400. The summed E-state index contributed by atoms with van der Waals surface area (Å²) < 4.78 is 25.9. The molecule has 0 unspecified atom stereocenters. The van der Waals surface area contributed by atoms with Crippen molar-refractivity contribution in [3.05, 3.63) is 29.3 Å². The first-order valence-electron chi connectivity index (χ1n) is 3.64. The Balaban J connectivity index is 3.22. The Morgan fingerprint density at radius 2 is 1.93 bits per heavy atom. The van der Waals surface area contributed by atoms with E-state index in [-0.39, 0.29) is 0 Å². The molecule has 0 fully saturated rings. The van der Waals surface area contributed by atoms with Gasteiger partial charge in [-0.15, -0.1) is 0 Å². The molecule has 0 atom stereocenters. The van der Waals surface area contributed by atoms with E-state index in [4.69, 9.17) is 10.4 Å². The standard InChI is InChI=1S/C9H5F2NO2/c10-6-3-5(13)4-7(11)9(6)8(14)1-2-12/h3-4,13H,1H2. The number of phenols is 1. The minimum atomic E-state index is -1.16. The minimum Gasteiger partial charge on any atom is -0.508 e. The van der Waals surface area contributed by atoms with Crippen LogP contribution in [0.3, 0.4) is 0 Å². The molecule has 0 bridgehead atoms. The Morgan fingerprint density at radius 3 is 2.36 bits per heavy atom. The second-order valence-corrected chi connectivity index (χ2v) is 2.54. The molecule has 1 aromatic carbocycles. The normalized spacial score (nSPS) is 9.50. The second kappa shape index (κ2) is 3.83. The number of benzene rings is 1. The molecule has 0 amide bonds. The summed E-state index contributed by atoms with van der Waals surface area (Å²) in [5.41, 5.74) is -0.788. The number of ketones is 1. The predicted molar refractivity (Wildman–Crippen MR) is 42.6 cm³/mol. The monoisotopic (exact) mass is 197 g/mol. The van der Waals surface area contributed by atoms with E-state index in [0.717, 1.165) is 0 Å². The molecule has 0 aromatic heterocycles. The molecular weight excluding hydrogens is 192 g/mol. The predicted octanol–water partition coefficient (Wildman–Crippen LogP) is 1.77. The van der Waals surface area contributed by atoms with Gasteiger partial charge >= 0.3 is 0 Å². The van der Waals surface area contributed by atoms with Crippen LogP contribution in [-0.2, 0) is 0 Å². The highest BCUT2D eigenvalue weighted by molar-refractivity contribution is 5.97. The lowest BCUT2D eigenvalue weighted by molar-refractivity contribution is 0.0989.